The van der Waals surface area contributed by atoms with E-state index < -0.39 is 17.5 Å². The van der Waals surface area contributed by atoms with Crippen LogP contribution in [0.1, 0.15) is 41.6 Å². The molecule has 0 aliphatic carbocycles. The van der Waals surface area contributed by atoms with Gasteiger partial charge in [-0.2, -0.15) is 0 Å². The van der Waals surface area contributed by atoms with Crippen LogP contribution in [0.25, 0.3) is 0 Å². The van der Waals surface area contributed by atoms with Crippen molar-refractivity contribution in [2.45, 2.75) is 32.6 Å². The Balaban J connectivity index is 1.50. The smallest absolute Gasteiger partial charge is 0.254 e. The maximum Gasteiger partial charge on any atom is 0.254 e. The summed E-state index contributed by atoms with van der Waals surface area (Å²) >= 11 is 0. The van der Waals surface area contributed by atoms with Crippen LogP contribution in [0.2, 0.25) is 0 Å². The van der Waals surface area contributed by atoms with E-state index in [0.717, 1.165) is 30.7 Å². The Morgan fingerprint density at radius 1 is 0.931 bits per heavy atom. The van der Waals surface area contributed by atoms with Gasteiger partial charge in [0.15, 0.2) is 0 Å². The molecule has 2 aromatic rings. The van der Waals surface area contributed by atoms with Crippen molar-refractivity contribution in [3.63, 3.8) is 0 Å². The molecule has 5 nitrogen and oxygen atoms in total. The Morgan fingerprint density at radius 2 is 1.66 bits per heavy atom. The molecule has 2 amide bonds. The molecule has 29 heavy (non-hydrogen) atoms. The van der Waals surface area contributed by atoms with Gasteiger partial charge < -0.3 is 15.4 Å². The normalized spacial score (nSPS) is 10.4. The molecular weight excluding hydrogens is 378 g/mol. The van der Waals surface area contributed by atoms with Gasteiger partial charge in [0.05, 0.1) is 12.2 Å². The average molecular weight is 404 g/mol. The molecule has 0 bridgehead atoms. The quantitative estimate of drug-likeness (QED) is 0.561. The van der Waals surface area contributed by atoms with E-state index in [1.165, 1.54) is 5.56 Å². The van der Waals surface area contributed by atoms with E-state index in [4.69, 9.17) is 4.74 Å². The summed E-state index contributed by atoms with van der Waals surface area (Å²) in [6.07, 6.45) is 2.31. The molecule has 0 radical (unpaired) electrons. The fourth-order valence-corrected chi connectivity index (χ4v) is 2.59. The molecule has 156 valence electrons. The van der Waals surface area contributed by atoms with Crippen molar-refractivity contribution in [3.8, 4) is 5.75 Å². The molecule has 0 saturated carbocycles. The molecule has 0 aromatic heterocycles. The third kappa shape index (κ3) is 8.29. The first-order valence-corrected chi connectivity index (χ1v) is 9.65. The van der Waals surface area contributed by atoms with Crippen molar-refractivity contribution in [3.05, 3.63) is 65.2 Å². The van der Waals surface area contributed by atoms with Crippen LogP contribution in [0, 0.1) is 18.6 Å². The van der Waals surface area contributed by atoms with Gasteiger partial charge in [-0.1, -0.05) is 17.7 Å². The Labute approximate surface area is 169 Å². The van der Waals surface area contributed by atoms with Gasteiger partial charge in [-0.3, -0.25) is 9.59 Å². The van der Waals surface area contributed by atoms with Crippen LogP contribution >= 0.6 is 0 Å². The van der Waals surface area contributed by atoms with Gasteiger partial charge in [-0.25, -0.2) is 8.78 Å². The Kier molecular flexibility index (Phi) is 9.08. The predicted octanol–water partition coefficient (Wildman–Crippen LogP) is 3.76. The van der Waals surface area contributed by atoms with Crippen molar-refractivity contribution >= 4 is 11.8 Å². The second-order valence-electron chi connectivity index (χ2n) is 6.70. The Bertz CT molecular complexity index is 810. The van der Waals surface area contributed by atoms with E-state index in [1.54, 1.807) is 0 Å². The molecule has 7 heteroatoms. The highest BCUT2D eigenvalue weighted by Crippen LogP contribution is 2.12. The van der Waals surface area contributed by atoms with Crippen LogP contribution in [0.4, 0.5) is 8.78 Å². The Hall–Kier alpha value is -2.96. The molecule has 0 aliphatic heterocycles. The molecule has 2 N–H and O–H groups in total. The highest BCUT2D eigenvalue weighted by molar-refractivity contribution is 5.94. The number of nitrogens with one attached hydrogen (secondary N) is 2. The zero-order chi connectivity index (χ0) is 21.1. The number of hydrogen-bond acceptors (Lipinski definition) is 3. The van der Waals surface area contributed by atoms with Crippen molar-refractivity contribution in [1.29, 1.82) is 0 Å². The van der Waals surface area contributed by atoms with E-state index in [-0.39, 0.29) is 24.4 Å². The largest absolute Gasteiger partial charge is 0.494 e. The van der Waals surface area contributed by atoms with Crippen LogP contribution in [0.5, 0.6) is 5.75 Å². The second kappa shape index (κ2) is 11.8. The number of halogens is 2. The second-order valence-corrected chi connectivity index (χ2v) is 6.70. The molecule has 0 saturated heterocycles. The third-order valence-electron chi connectivity index (χ3n) is 4.22. The third-order valence-corrected chi connectivity index (χ3v) is 4.22. The summed E-state index contributed by atoms with van der Waals surface area (Å²) in [5.41, 5.74) is 0.964. The van der Waals surface area contributed by atoms with Gasteiger partial charge in [0.2, 0.25) is 5.91 Å². The van der Waals surface area contributed by atoms with E-state index >= 15 is 0 Å². The van der Waals surface area contributed by atoms with Gasteiger partial charge >= 0.3 is 0 Å². The summed E-state index contributed by atoms with van der Waals surface area (Å²) in [4.78, 5) is 23.6. The number of ether oxygens (including phenoxy) is 1. The monoisotopic (exact) mass is 404 g/mol. The summed E-state index contributed by atoms with van der Waals surface area (Å²) in [7, 11) is 0. The summed E-state index contributed by atoms with van der Waals surface area (Å²) in [6.45, 7) is 3.40. The SMILES string of the molecule is Cc1ccc(OCCCCNC(=O)CCCNC(=O)c2ccc(F)cc2F)cc1. The summed E-state index contributed by atoms with van der Waals surface area (Å²) in [6, 6.07) is 10.6. The van der Waals surface area contributed by atoms with Gasteiger partial charge in [0, 0.05) is 25.6 Å². The summed E-state index contributed by atoms with van der Waals surface area (Å²) < 4.78 is 32.0. The van der Waals surface area contributed by atoms with Crippen LogP contribution in [0.15, 0.2) is 42.5 Å². The van der Waals surface area contributed by atoms with Gasteiger partial charge in [-0.15, -0.1) is 0 Å². The molecule has 0 spiro atoms. The average Bonchev–Trinajstić information content (AvgIpc) is 2.69. The molecule has 0 aliphatic rings. The van der Waals surface area contributed by atoms with Crippen molar-refractivity contribution < 1.29 is 23.1 Å². The minimum Gasteiger partial charge on any atom is -0.494 e. The fourth-order valence-electron chi connectivity index (χ4n) is 2.59. The van der Waals surface area contributed by atoms with Crippen LogP contribution < -0.4 is 15.4 Å². The van der Waals surface area contributed by atoms with Crippen molar-refractivity contribution in [1.82, 2.24) is 10.6 Å². The maximum atomic E-state index is 13.5. The number of unbranched alkanes of at least 4 members (excludes halogenated alkanes) is 1. The lowest BCUT2D eigenvalue weighted by Crippen LogP contribution is -2.28. The molecule has 2 rings (SSSR count). The maximum absolute atomic E-state index is 13.5. The molecule has 0 heterocycles. The number of benzene rings is 2. The lowest BCUT2D eigenvalue weighted by atomic mass is 10.2. The minimum atomic E-state index is -0.911. The van der Waals surface area contributed by atoms with Gasteiger partial charge in [0.25, 0.3) is 5.91 Å². The molecule has 0 atom stereocenters. The van der Waals surface area contributed by atoms with Crippen LogP contribution in [-0.2, 0) is 4.79 Å². The minimum absolute atomic E-state index is 0.105. The fraction of sp³-hybridized carbons (Fsp3) is 0.364. The first-order chi connectivity index (χ1) is 14.0. The number of carbonyl (C=O) groups excluding carboxylic acids is 2. The van der Waals surface area contributed by atoms with E-state index in [9.17, 15) is 18.4 Å². The molecule has 2 aromatic carbocycles. The first kappa shape index (κ1) is 22.3. The molecule has 0 fully saturated rings. The number of carbonyl (C=O) groups is 2. The standard InChI is InChI=1S/C22H26F2N2O3/c1-16-6-9-18(10-7-16)29-14-3-2-12-25-21(27)5-4-13-26-22(28)19-11-8-17(23)15-20(19)24/h6-11,15H,2-5,12-14H2,1H3,(H,25,27)(H,26,28). The van der Waals surface area contributed by atoms with Crippen molar-refractivity contribution in [2.75, 3.05) is 19.7 Å². The topological polar surface area (TPSA) is 67.4 Å². The highest BCUT2D eigenvalue weighted by atomic mass is 19.1. The van der Waals surface area contributed by atoms with E-state index in [2.05, 4.69) is 10.6 Å². The molecule has 0 unspecified atom stereocenters. The summed E-state index contributed by atoms with van der Waals surface area (Å²) in [5.74, 6) is -1.55. The van der Waals surface area contributed by atoms with E-state index in [0.29, 0.717) is 25.6 Å². The van der Waals surface area contributed by atoms with Crippen LogP contribution in [-0.4, -0.2) is 31.5 Å². The first-order valence-electron chi connectivity index (χ1n) is 9.65. The lowest BCUT2D eigenvalue weighted by Gasteiger charge is -2.08. The van der Waals surface area contributed by atoms with E-state index in [1.807, 2.05) is 31.2 Å². The summed E-state index contributed by atoms with van der Waals surface area (Å²) in [5, 5.41) is 5.33. The highest BCUT2D eigenvalue weighted by Gasteiger charge is 2.12. The predicted molar refractivity (Wildman–Crippen MR) is 107 cm³/mol. The van der Waals surface area contributed by atoms with Crippen molar-refractivity contribution in [2.24, 2.45) is 0 Å². The number of aryl methyl sites for hydroxylation is 1. The van der Waals surface area contributed by atoms with Gasteiger partial charge in [0.1, 0.15) is 17.4 Å². The zero-order valence-corrected chi connectivity index (χ0v) is 16.5. The lowest BCUT2D eigenvalue weighted by molar-refractivity contribution is -0.121. The molecular formula is C22H26F2N2O3. The van der Waals surface area contributed by atoms with Gasteiger partial charge in [-0.05, 0) is 50.5 Å². The zero-order valence-electron chi connectivity index (χ0n) is 16.5. The number of amides is 2. The number of hydrogen-bond donors (Lipinski definition) is 2. The van der Waals surface area contributed by atoms with Crippen LogP contribution in [0.3, 0.4) is 0 Å². The number of rotatable bonds is 11. The Morgan fingerprint density at radius 3 is 2.38 bits per heavy atom.